The van der Waals surface area contributed by atoms with Gasteiger partial charge in [0.1, 0.15) is 5.54 Å². The number of nitrogens with two attached hydrogens (primary N) is 1. The molecule has 2 heterocycles. The molecule has 0 aliphatic carbocycles. The Morgan fingerprint density at radius 2 is 2.05 bits per heavy atom. The first-order valence-electron chi connectivity index (χ1n) is 6.66. The van der Waals surface area contributed by atoms with Gasteiger partial charge in [-0.25, -0.2) is 0 Å². The first kappa shape index (κ1) is 13.8. The molecule has 108 valence electrons. The highest BCUT2D eigenvalue weighted by molar-refractivity contribution is 6.31. The molecule has 1 aliphatic rings. The van der Waals surface area contributed by atoms with Crippen LogP contribution in [0.25, 0.3) is 0 Å². The summed E-state index contributed by atoms with van der Waals surface area (Å²) in [5, 5.41) is 0.658. The molecule has 21 heavy (non-hydrogen) atoms. The zero-order valence-corrected chi connectivity index (χ0v) is 12.7. The van der Waals surface area contributed by atoms with Crippen LogP contribution in [-0.2, 0) is 5.54 Å². The van der Waals surface area contributed by atoms with E-state index in [-0.39, 0.29) is 0 Å². The van der Waals surface area contributed by atoms with Crippen LogP contribution < -0.4 is 10.6 Å². The molecule has 1 atom stereocenters. The maximum atomic E-state index is 6.11. The smallest absolute Gasteiger partial charge is 0.196 e. The van der Waals surface area contributed by atoms with Crippen LogP contribution in [0.5, 0.6) is 0 Å². The van der Waals surface area contributed by atoms with Crippen molar-refractivity contribution in [3.8, 4) is 0 Å². The Bertz CT molecular complexity index is 715. The highest BCUT2D eigenvalue weighted by Gasteiger charge is 2.43. The van der Waals surface area contributed by atoms with E-state index in [2.05, 4.69) is 21.9 Å². The van der Waals surface area contributed by atoms with Gasteiger partial charge in [0.25, 0.3) is 0 Å². The van der Waals surface area contributed by atoms with Gasteiger partial charge in [-0.1, -0.05) is 17.7 Å². The molecule has 1 unspecified atom stereocenters. The average molecular weight is 302 g/mol. The molecular weight excluding hydrogens is 286 g/mol. The van der Waals surface area contributed by atoms with E-state index in [1.54, 1.807) is 12.4 Å². The molecule has 1 aromatic carbocycles. The number of aromatic nitrogens is 2. The minimum absolute atomic E-state index is 0.463. The van der Waals surface area contributed by atoms with Gasteiger partial charge >= 0.3 is 0 Å². The van der Waals surface area contributed by atoms with E-state index in [9.17, 15) is 0 Å². The molecule has 0 amide bonds. The van der Waals surface area contributed by atoms with Crippen molar-refractivity contribution in [2.75, 3.05) is 11.4 Å². The fourth-order valence-corrected chi connectivity index (χ4v) is 2.96. The topological polar surface area (TPSA) is 67.4 Å². The largest absolute Gasteiger partial charge is 0.369 e. The fraction of sp³-hybridized carbons (Fsp3) is 0.267. The van der Waals surface area contributed by atoms with Crippen molar-refractivity contribution in [3.05, 3.63) is 53.1 Å². The molecule has 1 aromatic heterocycles. The van der Waals surface area contributed by atoms with Crippen LogP contribution in [0.3, 0.4) is 0 Å². The minimum atomic E-state index is -0.465. The lowest BCUT2D eigenvalue weighted by Crippen LogP contribution is -2.48. The van der Waals surface area contributed by atoms with Gasteiger partial charge in [0.15, 0.2) is 5.96 Å². The van der Waals surface area contributed by atoms with Gasteiger partial charge in [0, 0.05) is 23.1 Å². The van der Waals surface area contributed by atoms with Crippen molar-refractivity contribution in [1.29, 1.82) is 0 Å². The SMILES string of the molecule is Cc1nccnc1C1(C)CN=C(N)N1c1cccc(Cl)c1. The van der Waals surface area contributed by atoms with Crippen LogP contribution in [0.2, 0.25) is 5.02 Å². The molecule has 0 fully saturated rings. The fourth-order valence-electron chi connectivity index (χ4n) is 2.78. The van der Waals surface area contributed by atoms with Crippen molar-refractivity contribution in [3.63, 3.8) is 0 Å². The number of aryl methyl sites for hydroxylation is 1. The van der Waals surface area contributed by atoms with Crippen molar-refractivity contribution in [2.45, 2.75) is 19.4 Å². The molecule has 2 N–H and O–H groups in total. The normalized spacial score (nSPS) is 21.5. The van der Waals surface area contributed by atoms with Crippen molar-refractivity contribution >= 4 is 23.2 Å². The van der Waals surface area contributed by atoms with Gasteiger partial charge in [-0.05, 0) is 32.0 Å². The lowest BCUT2D eigenvalue weighted by atomic mass is 9.94. The third-order valence-corrected chi connectivity index (χ3v) is 3.96. The summed E-state index contributed by atoms with van der Waals surface area (Å²) in [6, 6.07) is 7.56. The van der Waals surface area contributed by atoms with Gasteiger partial charge in [-0.2, -0.15) is 0 Å². The van der Waals surface area contributed by atoms with Gasteiger partial charge in [0.2, 0.25) is 0 Å². The van der Waals surface area contributed by atoms with Crippen molar-refractivity contribution in [1.82, 2.24) is 9.97 Å². The third kappa shape index (κ3) is 2.23. The van der Waals surface area contributed by atoms with E-state index in [0.29, 0.717) is 17.5 Å². The number of anilines is 1. The molecule has 0 bridgehead atoms. The number of rotatable bonds is 2. The summed E-state index contributed by atoms with van der Waals surface area (Å²) in [5.74, 6) is 0.463. The number of halogens is 1. The first-order valence-corrected chi connectivity index (χ1v) is 7.04. The Morgan fingerprint density at radius 3 is 2.76 bits per heavy atom. The second kappa shape index (κ2) is 5.00. The highest BCUT2D eigenvalue weighted by atomic mass is 35.5. The number of benzene rings is 1. The van der Waals surface area contributed by atoms with E-state index >= 15 is 0 Å². The second-order valence-corrected chi connectivity index (χ2v) is 5.69. The number of nitrogens with zero attached hydrogens (tertiary/aromatic N) is 4. The summed E-state index contributed by atoms with van der Waals surface area (Å²) in [6.45, 7) is 4.54. The van der Waals surface area contributed by atoms with Crippen molar-refractivity contribution < 1.29 is 0 Å². The van der Waals surface area contributed by atoms with E-state index in [1.807, 2.05) is 36.1 Å². The van der Waals surface area contributed by atoms with E-state index in [4.69, 9.17) is 17.3 Å². The molecule has 0 saturated heterocycles. The number of hydrogen-bond acceptors (Lipinski definition) is 5. The number of hydrogen-bond donors (Lipinski definition) is 1. The van der Waals surface area contributed by atoms with Crippen LogP contribution in [-0.4, -0.2) is 22.5 Å². The molecule has 0 saturated carbocycles. The molecule has 6 heteroatoms. The summed E-state index contributed by atoms with van der Waals surface area (Å²) in [7, 11) is 0. The monoisotopic (exact) mass is 301 g/mol. The zero-order chi connectivity index (χ0) is 15.0. The summed E-state index contributed by atoms with van der Waals surface area (Å²) >= 11 is 6.11. The Kier molecular flexibility index (Phi) is 3.29. The van der Waals surface area contributed by atoms with Gasteiger partial charge in [-0.3, -0.25) is 19.9 Å². The summed E-state index contributed by atoms with van der Waals surface area (Å²) in [5.41, 5.74) is 8.28. The highest BCUT2D eigenvalue weighted by Crippen LogP contribution is 2.37. The van der Waals surface area contributed by atoms with Crippen LogP contribution in [0.15, 0.2) is 41.7 Å². The molecule has 3 rings (SSSR count). The molecule has 5 nitrogen and oxygen atoms in total. The van der Waals surface area contributed by atoms with E-state index in [1.165, 1.54) is 0 Å². The Labute approximate surface area is 128 Å². The number of guanidine groups is 1. The minimum Gasteiger partial charge on any atom is -0.369 e. The zero-order valence-electron chi connectivity index (χ0n) is 11.9. The number of aliphatic imine (C=N–C) groups is 1. The Hall–Kier alpha value is -2.14. The quantitative estimate of drug-likeness (QED) is 0.925. The van der Waals surface area contributed by atoms with Crippen LogP contribution in [0.1, 0.15) is 18.3 Å². The Balaban J connectivity index is 2.13. The molecule has 1 aliphatic heterocycles. The van der Waals surface area contributed by atoms with Gasteiger partial charge < -0.3 is 5.73 Å². The summed E-state index contributed by atoms with van der Waals surface area (Å²) in [6.07, 6.45) is 3.38. The van der Waals surface area contributed by atoms with Crippen LogP contribution >= 0.6 is 11.6 Å². The lowest BCUT2D eigenvalue weighted by molar-refractivity contribution is 0.508. The second-order valence-electron chi connectivity index (χ2n) is 5.25. The predicted molar refractivity (Wildman–Crippen MR) is 84.5 cm³/mol. The average Bonchev–Trinajstić information content (AvgIpc) is 2.76. The predicted octanol–water partition coefficient (Wildman–Crippen LogP) is 2.49. The molecule has 0 spiro atoms. The van der Waals surface area contributed by atoms with Gasteiger partial charge in [0.05, 0.1) is 17.9 Å². The maximum Gasteiger partial charge on any atom is 0.196 e. The lowest BCUT2D eigenvalue weighted by Gasteiger charge is -2.36. The molecule has 0 radical (unpaired) electrons. The van der Waals surface area contributed by atoms with Crippen molar-refractivity contribution in [2.24, 2.45) is 10.7 Å². The van der Waals surface area contributed by atoms with Gasteiger partial charge in [-0.15, -0.1) is 0 Å². The first-order chi connectivity index (χ1) is 10.0. The molecule has 2 aromatic rings. The van der Waals surface area contributed by atoms with E-state index < -0.39 is 5.54 Å². The summed E-state index contributed by atoms with van der Waals surface area (Å²) in [4.78, 5) is 15.2. The van der Waals surface area contributed by atoms with E-state index in [0.717, 1.165) is 17.1 Å². The molecular formula is C15H16ClN5. The standard InChI is InChI=1S/C15H16ClN5/c1-10-13(19-7-6-18-10)15(2)9-20-14(17)21(15)12-5-3-4-11(16)8-12/h3-8H,9H2,1-2H3,(H2,17,20). The summed E-state index contributed by atoms with van der Waals surface area (Å²) < 4.78 is 0. The maximum absolute atomic E-state index is 6.11. The Morgan fingerprint density at radius 1 is 1.29 bits per heavy atom. The third-order valence-electron chi connectivity index (χ3n) is 3.73. The van der Waals surface area contributed by atoms with Crippen LogP contribution in [0.4, 0.5) is 5.69 Å². The van der Waals surface area contributed by atoms with Crippen LogP contribution in [0, 0.1) is 6.92 Å².